The molecule has 0 unspecified atom stereocenters. The lowest BCUT2D eigenvalue weighted by atomic mass is 9.98. The number of carboxylic acid groups (broad SMARTS) is 1. The molecule has 0 atom stereocenters. The van der Waals surface area contributed by atoms with Gasteiger partial charge in [-0.15, -0.1) is 12.4 Å². The van der Waals surface area contributed by atoms with Crippen molar-refractivity contribution in [3.8, 4) is 79.0 Å². The van der Waals surface area contributed by atoms with Crippen LogP contribution in [0.5, 0.6) is 34.5 Å². The first-order valence-corrected chi connectivity index (χ1v) is 46.5. The lowest BCUT2D eigenvalue weighted by Crippen LogP contribution is -2.32. The van der Waals surface area contributed by atoms with E-state index in [1.54, 1.807) is 78.9 Å². The van der Waals surface area contributed by atoms with E-state index in [0.717, 1.165) is 159 Å². The summed E-state index contributed by atoms with van der Waals surface area (Å²) in [5.41, 5.74) is 11.9. The third kappa shape index (κ3) is 29.2. The van der Waals surface area contributed by atoms with E-state index in [1.807, 2.05) is 172 Å². The summed E-state index contributed by atoms with van der Waals surface area (Å²) in [6.45, 7) is 14.5. The van der Waals surface area contributed by atoms with Gasteiger partial charge in [-0.2, -0.15) is 0 Å². The van der Waals surface area contributed by atoms with Crippen LogP contribution in [0.25, 0.3) is 44.5 Å². The Labute approximate surface area is 817 Å². The van der Waals surface area contributed by atoms with Crippen LogP contribution in [0, 0.1) is 37.5 Å². The number of nitrogens with zero attached hydrogens (tertiary/aromatic N) is 3. The second-order valence-corrected chi connectivity index (χ2v) is 35.1. The maximum Gasteiger partial charge on any atom is 0.339 e. The molecule has 0 radical (unpaired) electrons. The van der Waals surface area contributed by atoms with Crippen LogP contribution in [-0.4, -0.2) is 199 Å². The second-order valence-electron chi connectivity index (χ2n) is 35.1. The minimum atomic E-state index is -1.16. The summed E-state index contributed by atoms with van der Waals surface area (Å²) in [6, 6.07) is 79.5. The first-order valence-electron chi connectivity index (χ1n) is 46.5. The maximum atomic E-state index is 13.3. The molecule has 16 rings (SSSR count). The van der Waals surface area contributed by atoms with Crippen molar-refractivity contribution in [1.29, 1.82) is 0 Å². The van der Waals surface area contributed by atoms with Crippen molar-refractivity contribution in [3.05, 3.63) is 323 Å². The number of piperidine rings is 4. The molecule has 4 saturated heterocycles. The molecule has 4 aliphatic heterocycles. The number of ether oxygens (including phenoxy) is 7. The Morgan fingerprint density at radius 2 is 0.547 bits per heavy atom. The molecular formula is C112H121ClN8O18. The summed E-state index contributed by atoms with van der Waals surface area (Å²) in [5.74, 6) is -0.624. The average molecular weight is 1900 g/mol. The number of anilines is 4. The number of carbonyl (C=O) groups excluding carboxylic acids is 7. The van der Waals surface area contributed by atoms with E-state index in [2.05, 4.69) is 62.4 Å². The van der Waals surface area contributed by atoms with Crippen LogP contribution in [0.2, 0.25) is 0 Å². The number of likely N-dealkylation sites (tertiary alicyclic amines) is 3. The van der Waals surface area contributed by atoms with Crippen molar-refractivity contribution < 1.29 is 86.8 Å². The molecule has 724 valence electrons. The van der Waals surface area contributed by atoms with Crippen LogP contribution in [0.4, 0.5) is 22.7 Å². The number of halogens is 1. The highest BCUT2D eigenvalue weighted by Crippen LogP contribution is 2.37. The van der Waals surface area contributed by atoms with Crippen molar-refractivity contribution in [2.45, 2.75) is 65.2 Å². The molecule has 27 heteroatoms. The molecule has 4 amide bonds. The molecule has 8 N–H and O–H groups in total. The summed E-state index contributed by atoms with van der Waals surface area (Å²) in [4.78, 5) is 109. The van der Waals surface area contributed by atoms with E-state index < -0.39 is 35.7 Å². The number of esters is 3. The molecule has 4 fully saturated rings. The van der Waals surface area contributed by atoms with Crippen molar-refractivity contribution >= 4 is 82.7 Å². The number of amides is 4. The molecule has 4 heterocycles. The highest BCUT2D eigenvalue weighted by Gasteiger charge is 2.28. The molecule has 26 nitrogen and oxygen atoms in total. The Hall–Kier alpha value is -14.7. The number of hydrogen-bond acceptors (Lipinski definition) is 21. The fourth-order valence-electron chi connectivity index (χ4n) is 16.7. The number of aromatic hydroxyl groups is 2. The Bertz CT molecular complexity index is 6010. The van der Waals surface area contributed by atoms with Gasteiger partial charge in [0, 0.05) is 11.1 Å². The van der Waals surface area contributed by atoms with Gasteiger partial charge >= 0.3 is 23.9 Å². The molecular weight excluding hydrogens is 1780 g/mol. The van der Waals surface area contributed by atoms with E-state index in [0.29, 0.717) is 112 Å². The SMILES string of the molecule is CN1CCC(COc2ccc(O)c(C(=O)Nc3cc(-c4ccccc4)ccc3C(=O)O)c2)CC1.COC(=O)c1ccc(-c2ccccc2)cc1NC(=O)c1cc(OCC2CCN(C)CC2)ccc1C.COC(=O)c1ccc(-c2ccccc2)cc1NC(=O)c1cc(OCC2CCN(C)CC2)ccc1O.COC(=O)c1ccc(-c2ccccc2)cc1NC(=O)c1cc(OCC2CCNCC2)ccc1C.Cl. The molecule has 0 spiro atoms. The van der Waals surface area contributed by atoms with Gasteiger partial charge < -0.3 is 89.8 Å². The summed E-state index contributed by atoms with van der Waals surface area (Å²) in [5, 5.41) is 44.9. The highest BCUT2D eigenvalue weighted by atomic mass is 35.5. The smallest absolute Gasteiger partial charge is 0.339 e. The zero-order valence-electron chi connectivity index (χ0n) is 79.6. The van der Waals surface area contributed by atoms with Gasteiger partial charge in [-0.05, 0) is 327 Å². The third-order valence-corrected chi connectivity index (χ3v) is 25.2. The monoisotopic (exact) mass is 1900 g/mol. The Kier molecular flexibility index (Phi) is 37.8. The number of aryl methyl sites for hydroxylation is 2. The number of carbonyl (C=O) groups is 8. The van der Waals surface area contributed by atoms with E-state index in [-0.39, 0.29) is 63.7 Å². The highest BCUT2D eigenvalue weighted by molar-refractivity contribution is 6.13. The summed E-state index contributed by atoms with van der Waals surface area (Å²) in [6.07, 6.45) is 8.65. The number of phenols is 2. The summed E-state index contributed by atoms with van der Waals surface area (Å²) < 4.78 is 38.7. The molecule has 12 aromatic rings. The lowest BCUT2D eigenvalue weighted by molar-refractivity contribution is 0.0592. The van der Waals surface area contributed by atoms with Gasteiger partial charge in [0.25, 0.3) is 23.6 Å². The molecule has 139 heavy (non-hydrogen) atoms. The van der Waals surface area contributed by atoms with Gasteiger partial charge in [0.2, 0.25) is 0 Å². The van der Waals surface area contributed by atoms with Crippen LogP contribution in [-0.2, 0) is 14.2 Å². The second kappa shape index (κ2) is 50.9. The van der Waals surface area contributed by atoms with Gasteiger partial charge in [-0.1, -0.05) is 158 Å². The molecule has 4 aliphatic rings. The van der Waals surface area contributed by atoms with Crippen molar-refractivity contribution in [2.24, 2.45) is 23.7 Å². The Morgan fingerprint density at radius 1 is 0.302 bits per heavy atom. The molecule has 0 bridgehead atoms. The van der Waals surface area contributed by atoms with Gasteiger partial charge in [0.15, 0.2) is 0 Å². The first kappa shape index (κ1) is 103. The number of carboxylic acids is 1. The first-order chi connectivity index (χ1) is 66.8. The minimum Gasteiger partial charge on any atom is -0.507 e. The van der Waals surface area contributed by atoms with E-state index >= 15 is 0 Å². The number of rotatable bonds is 28. The number of benzene rings is 12. The number of phenolic OH excluding ortho intramolecular Hbond substituents is 2. The zero-order chi connectivity index (χ0) is 97.6. The topological polar surface area (TPSA) is 332 Å². The van der Waals surface area contributed by atoms with Crippen molar-refractivity contribution in [2.75, 3.05) is 143 Å². The Balaban J connectivity index is 0.000000166. The minimum absolute atomic E-state index is 0. The molecule has 0 aliphatic carbocycles. The molecule has 0 saturated carbocycles. The van der Waals surface area contributed by atoms with Crippen molar-refractivity contribution in [1.82, 2.24) is 20.0 Å². The number of aromatic carboxylic acids is 1. The predicted molar refractivity (Wildman–Crippen MR) is 544 cm³/mol. The van der Waals surface area contributed by atoms with E-state index in [1.165, 1.54) is 51.7 Å². The quantitative estimate of drug-likeness (QED) is 0.0167. The predicted octanol–water partition coefficient (Wildman–Crippen LogP) is 20.5. The fraction of sp³-hybridized carbons (Fsp3) is 0.286. The summed E-state index contributed by atoms with van der Waals surface area (Å²) >= 11 is 0. The normalized spacial score (nSPS) is 14.2. The van der Waals surface area contributed by atoms with Crippen molar-refractivity contribution in [3.63, 3.8) is 0 Å². The third-order valence-electron chi connectivity index (χ3n) is 25.2. The van der Waals surface area contributed by atoms with Gasteiger partial charge in [0.1, 0.15) is 34.5 Å². The number of nitrogens with one attached hydrogen (secondary N) is 5. The number of methoxy groups -OCH3 is 3. The van der Waals surface area contributed by atoms with Crippen LogP contribution in [0.15, 0.2) is 267 Å². The van der Waals surface area contributed by atoms with Gasteiger partial charge in [-0.25, -0.2) is 19.2 Å². The van der Waals surface area contributed by atoms with Gasteiger partial charge in [0.05, 0.1) is 104 Å². The average Bonchev–Trinajstić information content (AvgIpc) is 0.819. The van der Waals surface area contributed by atoms with E-state index in [9.17, 15) is 53.7 Å². The zero-order valence-corrected chi connectivity index (χ0v) is 80.4. The van der Waals surface area contributed by atoms with Gasteiger partial charge in [-0.3, -0.25) is 19.2 Å². The fourth-order valence-corrected chi connectivity index (χ4v) is 16.7. The van der Waals surface area contributed by atoms with Crippen LogP contribution >= 0.6 is 12.4 Å². The maximum absolute atomic E-state index is 13.3. The van der Waals surface area contributed by atoms with E-state index in [4.69, 9.17) is 33.2 Å². The van der Waals surface area contributed by atoms with Crippen LogP contribution in [0.3, 0.4) is 0 Å². The van der Waals surface area contributed by atoms with Crippen LogP contribution in [0.1, 0.15) is 145 Å². The summed E-state index contributed by atoms with van der Waals surface area (Å²) in [7, 11) is 10.3. The standard InChI is InChI=1S/C29H32N2O4.C28H30N2O5.C28H30N2O4.C27H28N2O5.ClH/c1-20-9-11-24(35-19-21-13-15-31(2)16-14-21)18-26(20)28(32)30-27-17-23(22-7-5-4-6-8-22)10-12-25(27)29(33)34-3;1-30-14-12-19(13-15-30)18-35-22-9-11-26(31)24(17-22)27(32)29-25-16-21(20-6-4-3-5-7-20)8-10-23(25)28(33)34-2;1-19-8-10-23(34-18-20-12-14-29-15-13-20)17-25(19)27(31)30-26-16-22(21-6-4-3-5-7-21)9-11-24(26)28(32)33-2;1-29-13-11-18(12-14-29)17-34-21-8-10-25(30)23(16-21)26(31)28-24-15-20(7-9-22(24)27(32)33)19-5-3-2-4-6-19;/h4-12,17-18,21H,13-16,19H2,1-3H3,(H,30,32);3-11,16-17,19,31H,12-15,18H2,1-2H3,(H,29,32);3-11,16-17,20,29H,12-15,18H2,1-2H3,(H,30,31);2-10,15-16,18,30H,11-14,17H2,1H3,(H,28,31)(H,32,33);1H. The van der Waals surface area contributed by atoms with Crippen LogP contribution < -0.4 is 45.5 Å². The Morgan fingerprint density at radius 3 is 0.820 bits per heavy atom. The largest absolute Gasteiger partial charge is 0.507 e. The molecule has 12 aromatic carbocycles. The molecule has 0 aromatic heterocycles. The number of hydrogen-bond donors (Lipinski definition) is 8. The lowest BCUT2D eigenvalue weighted by Gasteiger charge is -2.28.